The lowest BCUT2D eigenvalue weighted by atomic mass is 9.97. The molecule has 0 radical (unpaired) electrons. The molecule has 0 spiro atoms. The van der Waals surface area contributed by atoms with E-state index >= 15 is 0 Å². The van der Waals surface area contributed by atoms with Crippen molar-refractivity contribution in [3.8, 4) is 5.75 Å². The maximum absolute atomic E-state index is 13.4. The second-order valence-corrected chi connectivity index (χ2v) is 14.9. The van der Waals surface area contributed by atoms with Crippen LogP contribution < -0.4 is 4.90 Å². The summed E-state index contributed by atoms with van der Waals surface area (Å²) in [6, 6.07) is 12.4. The molecule has 2 aromatic carbocycles. The summed E-state index contributed by atoms with van der Waals surface area (Å²) < 4.78 is 16.5. The number of ether oxygens (including phenoxy) is 3. The Hall–Kier alpha value is -2.35. The van der Waals surface area contributed by atoms with Crippen molar-refractivity contribution in [2.45, 2.75) is 58.8 Å². The minimum atomic E-state index is -1.35. The fourth-order valence-electron chi connectivity index (χ4n) is 3.45. The topological polar surface area (TPSA) is 68.2 Å². The normalized spacial score (nSPS) is 11.6. The Morgan fingerprint density at radius 1 is 1.09 bits per heavy atom. The van der Waals surface area contributed by atoms with Crippen molar-refractivity contribution in [3.05, 3.63) is 58.7 Å². The third-order valence-corrected chi connectivity index (χ3v) is 7.25. The number of phenols is 1. The highest BCUT2D eigenvalue weighted by atomic mass is 28.3. The van der Waals surface area contributed by atoms with Crippen molar-refractivity contribution >= 4 is 19.9 Å². The van der Waals surface area contributed by atoms with Gasteiger partial charge in [0.2, 0.25) is 0 Å². The Kier molecular flexibility index (Phi) is 9.30. The van der Waals surface area contributed by atoms with Gasteiger partial charge in [0.15, 0.2) is 6.29 Å². The van der Waals surface area contributed by atoms with E-state index in [0.29, 0.717) is 30.8 Å². The van der Waals surface area contributed by atoms with Crippen molar-refractivity contribution < 1.29 is 24.1 Å². The molecule has 6 nitrogen and oxygen atoms in total. The predicted octanol–water partition coefficient (Wildman–Crippen LogP) is 5.65. The molecule has 0 saturated heterocycles. The molecule has 0 bridgehead atoms. The highest BCUT2D eigenvalue weighted by Gasteiger charge is 2.27. The molecule has 0 saturated carbocycles. The molecule has 0 aliphatic carbocycles. The van der Waals surface area contributed by atoms with Crippen LogP contribution in [0.4, 0.5) is 10.5 Å². The number of hydrogen-bond acceptors (Lipinski definition) is 5. The van der Waals surface area contributed by atoms with E-state index in [2.05, 4.69) is 19.6 Å². The Morgan fingerprint density at radius 3 is 2.28 bits per heavy atom. The Morgan fingerprint density at radius 2 is 1.72 bits per heavy atom. The van der Waals surface area contributed by atoms with Gasteiger partial charge in [0, 0.05) is 34.3 Å². The molecule has 2 aromatic rings. The molecule has 32 heavy (non-hydrogen) atoms. The Labute approximate surface area is 193 Å². The zero-order valence-corrected chi connectivity index (χ0v) is 21.4. The van der Waals surface area contributed by atoms with E-state index in [-0.39, 0.29) is 5.75 Å². The minimum absolute atomic E-state index is 0.107. The molecule has 0 aromatic heterocycles. The molecule has 176 valence electrons. The SMILES string of the molecule is COC(Cc1c(O)cc(C)c(C)c1N(Cc1ccccc1)C(=O)OCC[Si](C)(C)C)OC. The summed E-state index contributed by atoms with van der Waals surface area (Å²) in [6.45, 7) is 11.3. The molecular weight excluding hydrogens is 422 g/mol. The maximum atomic E-state index is 13.4. The fraction of sp³-hybridized carbons (Fsp3) is 0.480. The largest absolute Gasteiger partial charge is 0.508 e. The van der Waals surface area contributed by atoms with E-state index in [0.717, 1.165) is 22.7 Å². The van der Waals surface area contributed by atoms with Crippen LogP contribution in [0.5, 0.6) is 5.75 Å². The van der Waals surface area contributed by atoms with E-state index in [4.69, 9.17) is 14.2 Å². The third kappa shape index (κ3) is 7.08. The van der Waals surface area contributed by atoms with E-state index in [1.807, 2.05) is 44.2 Å². The summed E-state index contributed by atoms with van der Waals surface area (Å²) in [5, 5.41) is 10.8. The predicted molar refractivity (Wildman–Crippen MR) is 131 cm³/mol. The highest BCUT2D eigenvalue weighted by Crippen LogP contribution is 2.37. The first-order valence-corrected chi connectivity index (χ1v) is 14.6. The van der Waals surface area contributed by atoms with Gasteiger partial charge in [0.05, 0.1) is 18.8 Å². The number of methoxy groups -OCH3 is 2. The van der Waals surface area contributed by atoms with Crippen LogP contribution in [0.3, 0.4) is 0 Å². The quantitative estimate of drug-likeness (QED) is 0.367. The molecule has 0 unspecified atom stereocenters. The molecule has 2 rings (SSSR count). The van der Waals surface area contributed by atoms with Crippen molar-refractivity contribution in [1.29, 1.82) is 0 Å². The standard InChI is InChI=1S/C25H37NO5Si/c1-18-15-22(27)21(16-23(29-3)30-4)24(19(18)2)26(17-20-11-9-8-10-12-20)25(28)31-13-14-32(5,6)7/h8-12,15,23,27H,13-14,16-17H2,1-7H3. The van der Waals surface area contributed by atoms with Crippen LogP contribution in [-0.4, -0.2) is 46.4 Å². The molecule has 0 atom stereocenters. The maximum Gasteiger partial charge on any atom is 0.414 e. The van der Waals surface area contributed by atoms with Gasteiger partial charge in [-0.2, -0.15) is 0 Å². The number of rotatable bonds is 10. The summed E-state index contributed by atoms with van der Waals surface area (Å²) in [5.41, 5.74) is 4.00. The van der Waals surface area contributed by atoms with Gasteiger partial charge in [0.1, 0.15) is 5.75 Å². The number of nitrogens with zero attached hydrogens (tertiary/aromatic N) is 1. The lowest BCUT2D eigenvalue weighted by Crippen LogP contribution is -2.34. The summed E-state index contributed by atoms with van der Waals surface area (Å²) in [4.78, 5) is 15.0. The molecule has 1 N–H and O–H groups in total. The number of carbonyl (C=O) groups excluding carboxylic acids is 1. The zero-order chi connectivity index (χ0) is 23.9. The van der Waals surface area contributed by atoms with Gasteiger partial charge in [-0.1, -0.05) is 50.0 Å². The fourth-order valence-corrected chi connectivity index (χ4v) is 4.17. The van der Waals surface area contributed by atoms with Crippen LogP contribution in [-0.2, 0) is 27.2 Å². The van der Waals surface area contributed by atoms with E-state index in [1.165, 1.54) is 0 Å². The van der Waals surface area contributed by atoms with Crippen LogP contribution >= 0.6 is 0 Å². The Balaban J connectivity index is 2.52. The lowest BCUT2D eigenvalue weighted by molar-refractivity contribution is -0.100. The number of phenolic OH excluding ortho intramolecular Hbond substituents is 1. The first-order valence-electron chi connectivity index (χ1n) is 10.9. The number of hydrogen-bond donors (Lipinski definition) is 1. The Bertz CT molecular complexity index is 891. The van der Waals surface area contributed by atoms with Gasteiger partial charge >= 0.3 is 6.09 Å². The van der Waals surface area contributed by atoms with Gasteiger partial charge in [-0.15, -0.1) is 0 Å². The van der Waals surface area contributed by atoms with Gasteiger partial charge in [-0.05, 0) is 42.6 Å². The number of amides is 1. The van der Waals surface area contributed by atoms with Crippen molar-refractivity contribution in [2.24, 2.45) is 0 Å². The van der Waals surface area contributed by atoms with Crippen LogP contribution in [0.25, 0.3) is 0 Å². The molecule has 7 heteroatoms. The van der Waals surface area contributed by atoms with E-state index in [1.54, 1.807) is 25.2 Å². The van der Waals surface area contributed by atoms with E-state index < -0.39 is 20.5 Å². The molecule has 1 amide bonds. The van der Waals surface area contributed by atoms with Crippen LogP contribution in [0, 0.1) is 13.8 Å². The lowest BCUT2D eigenvalue weighted by Gasteiger charge is -2.29. The molecule has 0 heterocycles. The molecular formula is C25H37NO5Si. The number of benzene rings is 2. The summed E-state index contributed by atoms with van der Waals surface area (Å²) >= 11 is 0. The monoisotopic (exact) mass is 459 g/mol. The van der Waals surface area contributed by atoms with Crippen LogP contribution in [0.1, 0.15) is 22.3 Å². The van der Waals surface area contributed by atoms with Gasteiger partial charge in [-0.25, -0.2) is 4.79 Å². The first kappa shape index (κ1) is 25.9. The second kappa shape index (κ2) is 11.5. The summed E-state index contributed by atoms with van der Waals surface area (Å²) in [5.74, 6) is 0.107. The van der Waals surface area contributed by atoms with Gasteiger partial charge in [-0.3, -0.25) is 4.90 Å². The zero-order valence-electron chi connectivity index (χ0n) is 20.4. The van der Waals surface area contributed by atoms with Crippen molar-refractivity contribution in [2.75, 3.05) is 25.7 Å². The smallest absolute Gasteiger partial charge is 0.414 e. The molecule has 0 aliphatic rings. The number of aromatic hydroxyl groups is 1. The number of carbonyl (C=O) groups is 1. The third-order valence-electron chi connectivity index (χ3n) is 5.54. The number of anilines is 1. The summed E-state index contributed by atoms with van der Waals surface area (Å²) in [6.07, 6.45) is -0.681. The number of aryl methyl sites for hydroxylation is 1. The van der Waals surface area contributed by atoms with Crippen LogP contribution in [0.15, 0.2) is 36.4 Å². The summed E-state index contributed by atoms with van der Waals surface area (Å²) in [7, 11) is 1.76. The van der Waals surface area contributed by atoms with Crippen LogP contribution in [0.2, 0.25) is 25.7 Å². The molecule has 0 aliphatic heterocycles. The second-order valence-electron chi connectivity index (χ2n) is 9.27. The first-order chi connectivity index (χ1) is 15.1. The molecule has 0 fully saturated rings. The highest BCUT2D eigenvalue weighted by molar-refractivity contribution is 6.76. The average molecular weight is 460 g/mol. The van der Waals surface area contributed by atoms with Gasteiger partial charge in [0.25, 0.3) is 0 Å². The van der Waals surface area contributed by atoms with Crippen molar-refractivity contribution in [3.63, 3.8) is 0 Å². The van der Waals surface area contributed by atoms with Crippen molar-refractivity contribution in [1.82, 2.24) is 0 Å². The van der Waals surface area contributed by atoms with Gasteiger partial charge < -0.3 is 19.3 Å². The minimum Gasteiger partial charge on any atom is -0.508 e. The van der Waals surface area contributed by atoms with E-state index in [9.17, 15) is 9.90 Å². The average Bonchev–Trinajstić information content (AvgIpc) is 2.74.